The van der Waals surface area contributed by atoms with Gasteiger partial charge < -0.3 is 0 Å². The normalized spacial score (nSPS) is 12.4. The Bertz CT molecular complexity index is 438. The first-order valence-electron chi connectivity index (χ1n) is 5.48. The van der Waals surface area contributed by atoms with Crippen molar-refractivity contribution in [3.8, 4) is 0 Å². The Kier molecular flexibility index (Phi) is 6.12. The molecule has 0 amide bonds. The highest BCUT2D eigenvalue weighted by Gasteiger charge is 2.15. The number of hydrogen-bond donors (Lipinski definition) is 0. The minimum Gasteiger partial charge on any atom is -0.224 e. The monoisotopic (exact) mass is 280 g/mol. The van der Waals surface area contributed by atoms with Crippen molar-refractivity contribution in [3.63, 3.8) is 0 Å². The van der Waals surface area contributed by atoms with Crippen LogP contribution in [0, 0.1) is 0 Å². The molecule has 0 atom stereocenters. The maximum atomic E-state index is 11.4. The van der Waals surface area contributed by atoms with Crippen molar-refractivity contribution in [1.29, 1.82) is 0 Å². The van der Waals surface area contributed by atoms with Crippen LogP contribution in [0.2, 0.25) is 0 Å². The van der Waals surface area contributed by atoms with Crippen LogP contribution in [-0.2, 0) is 19.7 Å². The van der Waals surface area contributed by atoms with Crippen LogP contribution in [0.4, 0.5) is 0 Å². The van der Waals surface area contributed by atoms with Gasteiger partial charge in [-0.25, -0.2) is 16.8 Å². The summed E-state index contributed by atoms with van der Waals surface area (Å²) in [5, 5.41) is 0. The lowest BCUT2D eigenvalue weighted by Crippen LogP contribution is -2.08. The summed E-state index contributed by atoms with van der Waals surface area (Å²) >= 11 is 0. The van der Waals surface area contributed by atoms with Crippen molar-refractivity contribution >= 4 is 19.7 Å². The zero-order valence-electron chi connectivity index (χ0n) is 10.4. The highest BCUT2D eigenvalue weighted by atomic mass is 32.2. The molecule has 0 aliphatic rings. The summed E-state index contributed by atoms with van der Waals surface area (Å²) in [7, 11) is -6.42. The average molecular weight is 280 g/mol. The van der Waals surface area contributed by atoms with Crippen LogP contribution in [0.1, 0.15) is 33.1 Å². The smallest absolute Gasteiger partial charge is 0.173 e. The quantitative estimate of drug-likeness (QED) is 0.682. The molecule has 0 rings (SSSR count). The molecule has 0 aromatic rings. The van der Waals surface area contributed by atoms with E-state index in [1.807, 2.05) is 0 Å². The van der Waals surface area contributed by atoms with E-state index in [-0.39, 0.29) is 34.2 Å². The van der Waals surface area contributed by atoms with Gasteiger partial charge in [0.15, 0.2) is 19.7 Å². The molecule has 0 N–H and O–H groups in total. The van der Waals surface area contributed by atoms with Gasteiger partial charge in [0.05, 0.1) is 11.5 Å². The molecule has 0 bridgehead atoms. The maximum absolute atomic E-state index is 11.4. The molecule has 0 aromatic heterocycles. The molecule has 0 radical (unpaired) electrons. The largest absolute Gasteiger partial charge is 0.224 e. The van der Waals surface area contributed by atoms with Crippen LogP contribution in [0.15, 0.2) is 23.0 Å². The summed E-state index contributed by atoms with van der Waals surface area (Å²) in [6.45, 7) is 10.1. The van der Waals surface area contributed by atoms with Crippen molar-refractivity contribution in [1.82, 2.24) is 0 Å². The summed E-state index contributed by atoms with van der Waals surface area (Å²) in [5.74, 6) is 0.0556. The average Bonchev–Trinajstić information content (AvgIpc) is 2.28. The van der Waals surface area contributed by atoms with Gasteiger partial charge in [0.25, 0.3) is 0 Å². The Morgan fingerprint density at radius 2 is 1.12 bits per heavy atom. The minimum absolute atomic E-state index is 0.0278. The second-order valence-electron chi connectivity index (χ2n) is 3.74. The molecular formula is C11H20O4S2. The van der Waals surface area contributed by atoms with Gasteiger partial charge in [-0.05, 0) is 19.3 Å². The standard InChI is InChI=1S/C11H20O4S2/c1-5-16(12,13)10(3)8-7-9-11(4)17(14,15)6-2/h3-9H2,1-2H3. The highest BCUT2D eigenvalue weighted by molar-refractivity contribution is 7.95. The molecule has 0 aromatic carbocycles. The SMILES string of the molecule is C=C(CCCC(=C)S(=O)(=O)CC)S(=O)(=O)CC. The lowest BCUT2D eigenvalue weighted by atomic mass is 10.2. The Morgan fingerprint density at radius 3 is 1.35 bits per heavy atom. The van der Waals surface area contributed by atoms with Gasteiger partial charge in [-0.2, -0.15) is 0 Å². The van der Waals surface area contributed by atoms with Gasteiger partial charge in [-0.1, -0.05) is 27.0 Å². The van der Waals surface area contributed by atoms with Crippen LogP contribution < -0.4 is 0 Å². The summed E-state index contributed by atoms with van der Waals surface area (Å²) in [4.78, 5) is 0.336. The molecule has 17 heavy (non-hydrogen) atoms. The van der Waals surface area contributed by atoms with Crippen molar-refractivity contribution in [2.75, 3.05) is 11.5 Å². The van der Waals surface area contributed by atoms with Gasteiger partial charge in [-0.3, -0.25) is 0 Å². The van der Waals surface area contributed by atoms with Gasteiger partial charge in [0, 0.05) is 9.81 Å². The van der Waals surface area contributed by atoms with Crippen molar-refractivity contribution in [2.45, 2.75) is 33.1 Å². The van der Waals surface area contributed by atoms with Crippen LogP contribution in [0.5, 0.6) is 0 Å². The number of rotatable bonds is 8. The fourth-order valence-electron chi connectivity index (χ4n) is 1.20. The van der Waals surface area contributed by atoms with E-state index in [9.17, 15) is 16.8 Å². The molecule has 0 saturated carbocycles. The van der Waals surface area contributed by atoms with E-state index in [2.05, 4.69) is 13.2 Å². The Hall–Kier alpha value is -0.620. The van der Waals surface area contributed by atoms with E-state index in [1.54, 1.807) is 13.8 Å². The summed E-state index contributed by atoms with van der Waals surface area (Å²) in [6, 6.07) is 0. The molecule has 0 saturated heterocycles. The first-order chi connectivity index (χ1) is 7.67. The third-order valence-electron chi connectivity index (χ3n) is 2.55. The predicted octanol–water partition coefficient (Wildman–Crippen LogP) is 2.05. The minimum atomic E-state index is -3.21. The van der Waals surface area contributed by atoms with Gasteiger partial charge in [0.2, 0.25) is 0 Å². The fraction of sp³-hybridized carbons (Fsp3) is 0.636. The second-order valence-corrected chi connectivity index (χ2v) is 8.51. The van der Waals surface area contributed by atoms with E-state index in [4.69, 9.17) is 0 Å². The maximum Gasteiger partial charge on any atom is 0.173 e. The zero-order valence-corrected chi connectivity index (χ0v) is 12.0. The van der Waals surface area contributed by atoms with Crippen molar-refractivity contribution < 1.29 is 16.8 Å². The summed E-state index contributed by atoms with van der Waals surface area (Å²) in [5.41, 5.74) is 0. The van der Waals surface area contributed by atoms with E-state index in [1.165, 1.54) is 0 Å². The summed E-state index contributed by atoms with van der Waals surface area (Å²) < 4.78 is 45.6. The van der Waals surface area contributed by atoms with Crippen molar-refractivity contribution in [3.05, 3.63) is 23.0 Å². The summed E-state index contributed by atoms with van der Waals surface area (Å²) in [6.07, 6.45) is 1.01. The highest BCUT2D eigenvalue weighted by Crippen LogP contribution is 2.18. The molecule has 100 valence electrons. The first-order valence-corrected chi connectivity index (χ1v) is 8.79. The molecule has 0 aliphatic carbocycles. The Labute approximate surface area is 104 Å². The molecule has 0 unspecified atom stereocenters. The second kappa shape index (κ2) is 6.35. The fourth-order valence-corrected chi connectivity index (χ4v) is 2.93. The topological polar surface area (TPSA) is 68.3 Å². The van der Waals surface area contributed by atoms with E-state index in [0.717, 1.165) is 0 Å². The number of sulfone groups is 2. The molecule has 0 aliphatic heterocycles. The molecule has 0 fully saturated rings. The van der Waals surface area contributed by atoms with Gasteiger partial charge in [-0.15, -0.1) is 0 Å². The van der Waals surface area contributed by atoms with Crippen LogP contribution in [0.25, 0.3) is 0 Å². The number of allylic oxidation sites excluding steroid dienone is 2. The lowest BCUT2D eigenvalue weighted by Gasteiger charge is -2.07. The van der Waals surface area contributed by atoms with Gasteiger partial charge >= 0.3 is 0 Å². The lowest BCUT2D eigenvalue weighted by molar-refractivity contribution is 0.599. The first kappa shape index (κ1) is 16.4. The van der Waals surface area contributed by atoms with Gasteiger partial charge in [0.1, 0.15) is 0 Å². The molecule has 0 spiro atoms. The van der Waals surface area contributed by atoms with E-state index in [0.29, 0.717) is 6.42 Å². The van der Waals surface area contributed by atoms with E-state index >= 15 is 0 Å². The van der Waals surface area contributed by atoms with Crippen LogP contribution in [-0.4, -0.2) is 28.3 Å². The molecule has 0 heterocycles. The van der Waals surface area contributed by atoms with Crippen LogP contribution in [0.3, 0.4) is 0 Å². The third kappa shape index (κ3) is 5.04. The third-order valence-corrected chi connectivity index (χ3v) is 6.24. The predicted molar refractivity (Wildman–Crippen MR) is 71.1 cm³/mol. The van der Waals surface area contributed by atoms with Crippen molar-refractivity contribution in [2.24, 2.45) is 0 Å². The number of hydrogen-bond acceptors (Lipinski definition) is 4. The molecular weight excluding hydrogens is 260 g/mol. The molecule has 4 nitrogen and oxygen atoms in total. The zero-order chi connectivity index (χ0) is 13.7. The van der Waals surface area contributed by atoms with Crippen LogP contribution >= 0.6 is 0 Å². The Morgan fingerprint density at radius 1 is 0.824 bits per heavy atom. The Balaban J connectivity index is 4.29. The molecule has 6 heteroatoms. The van der Waals surface area contributed by atoms with E-state index < -0.39 is 19.7 Å².